The molecule has 0 saturated carbocycles. The lowest BCUT2D eigenvalue weighted by Crippen LogP contribution is -2.34. The molecule has 1 aromatic carbocycles. The summed E-state index contributed by atoms with van der Waals surface area (Å²) in [6.45, 7) is 8.82. The Kier molecular flexibility index (Phi) is 6.05. The van der Waals surface area contributed by atoms with Crippen LogP contribution in [-0.4, -0.2) is 37.0 Å². The third-order valence-electron chi connectivity index (χ3n) is 4.07. The molecule has 4 nitrogen and oxygen atoms in total. The Morgan fingerprint density at radius 1 is 1.48 bits per heavy atom. The predicted octanol–water partition coefficient (Wildman–Crippen LogP) is 2.63. The predicted molar refractivity (Wildman–Crippen MR) is 87.3 cm³/mol. The molecule has 0 aliphatic carbocycles. The van der Waals surface area contributed by atoms with Crippen molar-refractivity contribution in [3.8, 4) is 5.75 Å². The summed E-state index contributed by atoms with van der Waals surface area (Å²) < 4.78 is 5.56. The summed E-state index contributed by atoms with van der Waals surface area (Å²) in [6.07, 6.45) is 0.972. The van der Waals surface area contributed by atoms with Crippen molar-refractivity contribution in [2.45, 2.75) is 27.2 Å². The Hall–Kier alpha value is -1.26. The quantitative estimate of drug-likeness (QED) is 0.930. The number of rotatable bonds is 4. The van der Waals surface area contributed by atoms with E-state index in [1.54, 1.807) is 0 Å². The Morgan fingerprint density at radius 3 is 2.76 bits per heavy atom. The second-order valence-corrected chi connectivity index (χ2v) is 5.90. The van der Waals surface area contributed by atoms with Crippen LogP contribution in [0, 0.1) is 12.3 Å². The Bertz CT molecular complexity index is 507. The number of nitrogens with zero attached hydrogens (tertiary/aromatic N) is 1. The molecule has 2 N–H and O–H groups in total. The first kappa shape index (κ1) is 17.8. The monoisotopic (exact) mass is 312 g/mol. The number of amides is 1. The first-order chi connectivity index (χ1) is 9.49. The first-order valence-electron chi connectivity index (χ1n) is 7.22. The molecule has 1 heterocycles. The SMILES string of the molecule is CCOc1cc(C(=O)N2CCC(C)(CN)C2)ccc1C.Cl. The van der Waals surface area contributed by atoms with Crippen LogP contribution in [0.5, 0.6) is 5.75 Å². The summed E-state index contributed by atoms with van der Waals surface area (Å²) in [5, 5.41) is 0. The Morgan fingerprint density at radius 2 is 2.19 bits per heavy atom. The maximum Gasteiger partial charge on any atom is 0.254 e. The lowest BCUT2D eigenvalue weighted by molar-refractivity contribution is 0.0776. The van der Waals surface area contributed by atoms with E-state index in [4.69, 9.17) is 10.5 Å². The number of hydrogen-bond acceptors (Lipinski definition) is 3. The van der Waals surface area contributed by atoms with E-state index < -0.39 is 0 Å². The van der Waals surface area contributed by atoms with E-state index in [0.29, 0.717) is 18.7 Å². The molecule has 1 aliphatic heterocycles. The highest BCUT2D eigenvalue weighted by molar-refractivity contribution is 5.95. The summed E-state index contributed by atoms with van der Waals surface area (Å²) in [5.74, 6) is 0.863. The smallest absolute Gasteiger partial charge is 0.254 e. The number of nitrogens with two attached hydrogens (primary N) is 1. The van der Waals surface area contributed by atoms with Crippen LogP contribution in [0.4, 0.5) is 0 Å². The van der Waals surface area contributed by atoms with Gasteiger partial charge in [-0.3, -0.25) is 4.79 Å². The largest absolute Gasteiger partial charge is 0.494 e. The zero-order valence-electron chi connectivity index (χ0n) is 13.0. The Balaban J connectivity index is 0.00000220. The number of carbonyl (C=O) groups excluding carboxylic acids is 1. The number of halogens is 1. The van der Waals surface area contributed by atoms with Gasteiger partial charge in [0.05, 0.1) is 6.61 Å². The first-order valence-corrected chi connectivity index (χ1v) is 7.22. The molecule has 1 aliphatic rings. The van der Waals surface area contributed by atoms with Crippen LogP contribution in [0.25, 0.3) is 0 Å². The second kappa shape index (κ2) is 7.14. The normalized spacial score (nSPS) is 21.0. The minimum absolute atomic E-state index is 0. The molecule has 2 rings (SSSR count). The zero-order chi connectivity index (χ0) is 14.8. The van der Waals surface area contributed by atoms with Crippen molar-refractivity contribution < 1.29 is 9.53 Å². The van der Waals surface area contributed by atoms with E-state index in [1.807, 2.05) is 36.9 Å². The van der Waals surface area contributed by atoms with Crippen molar-refractivity contribution in [2.24, 2.45) is 11.1 Å². The number of aryl methyl sites for hydroxylation is 1. The number of hydrogen-bond donors (Lipinski definition) is 1. The van der Waals surface area contributed by atoms with Gasteiger partial charge in [-0.05, 0) is 49.9 Å². The summed E-state index contributed by atoms with van der Waals surface area (Å²) in [7, 11) is 0. The molecule has 1 aromatic rings. The maximum atomic E-state index is 12.5. The van der Waals surface area contributed by atoms with E-state index in [2.05, 4.69) is 6.92 Å². The van der Waals surface area contributed by atoms with E-state index in [1.165, 1.54) is 0 Å². The van der Waals surface area contributed by atoms with E-state index in [0.717, 1.165) is 30.8 Å². The zero-order valence-corrected chi connectivity index (χ0v) is 13.8. The molecule has 5 heteroatoms. The van der Waals surface area contributed by atoms with E-state index in [-0.39, 0.29) is 23.7 Å². The summed E-state index contributed by atoms with van der Waals surface area (Å²) in [4.78, 5) is 14.4. The van der Waals surface area contributed by atoms with Crippen molar-refractivity contribution >= 4 is 18.3 Å². The Labute approximate surface area is 133 Å². The molecule has 1 atom stereocenters. The maximum absolute atomic E-state index is 12.5. The topological polar surface area (TPSA) is 55.6 Å². The van der Waals surface area contributed by atoms with Gasteiger partial charge < -0.3 is 15.4 Å². The van der Waals surface area contributed by atoms with Gasteiger partial charge in [0.15, 0.2) is 0 Å². The molecule has 118 valence electrons. The van der Waals surface area contributed by atoms with Gasteiger partial charge in [-0.25, -0.2) is 0 Å². The van der Waals surface area contributed by atoms with Crippen LogP contribution in [0.3, 0.4) is 0 Å². The van der Waals surface area contributed by atoms with Gasteiger partial charge in [0.25, 0.3) is 5.91 Å². The molecular weight excluding hydrogens is 288 g/mol. The fraction of sp³-hybridized carbons (Fsp3) is 0.562. The molecule has 0 spiro atoms. The summed E-state index contributed by atoms with van der Waals surface area (Å²) in [6, 6.07) is 5.66. The van der Waals surface area contributed by atoms with Gasteiger partial charge in [-0.1, -0.05) is 13.0 Å². The number of benzene rings is 1. The van der Waals surface area contributed by atoms with E-state index in [9.17, 15) is 4.79 Å². The number of carbonyl (C=O) groups is 1. The standard InChI is InChI=1S/C16H24N2O2.ClH/c1-4-20-14-9-13(6-5-12(14)2)15(19)18-8-7-16(3,10-17)11-18;/h5-6,9H,4,7-8,10-11,17H2,1-3H3;1H. The lowest BCUT2D eigenvalue weighted by Gasteiger charge is -2.22. The highest BCUT2D eigenvalue weighted by Gasteiger charge is 2.35. The van der Waals surface area contributed by atoms with Crippen molar-refractivity contribution in [1.29, 1.82) is 0 Å². The van der Waals surface area contributed by atoms with E-state index >= 15 is 0 Å². The van der Waals surface area contributed by atoms with Crippen molar-refractivity contribution in [1.82, 2.24) is 4.90 Å². The number of likely N-dealkylation sites (tertiary alicyclic amines) is 1. The van der Waals surface area contributed by atoms with Gasteiger partial charge in [0.2, 0.25) is 0 Å². The van der Waals surface area contributed by atoms with Gasteiger partial charge in [0.1, 0.15) is 5.75 Å². The van der Waals surface area contributed by atoms with Crippen molar-refractivity contribution in [2.75, 3.05) is 26.2 Å². The van der Waals surface area contributed by atoms with Gasteiger partial charge in [-0.2, -0.15) is 0 Å². The second-order valence-electron chi connectivity index (χ2n) is 5.90. The average Bonchev–Trinajstić information content (AvgIpc) is 2.84. The van der Waals surface area contributed by atoms with Crippen LogP contribution in [0.1, 0.15) is 36.2 Å². The molecular formula is C16H25ClN2O2. The van der Waals surface area contributed by atoms with Crippen LogP contribution in [0.15, 0.2) is 18.2 Å². The third kappa shape index (κ3) is 3.89. The van der Waals surface area contributed by atoms with Gasteiger partial charge >= 0.3 is 0 Å². The fourth-order valence-corrected chi connectivity index (χ4v) is 2.59. The summed E-state index contributed by atoms with van der Waals surface area (Å²) in [5.41, 5.74) is 7.60. The molecule has 1 amide bonds. The highest BCUT2D eigenvalue weighted by atomic mass is 35.5. The van der Waals surface area contributed by atoms with Crippen LogP contribution < -0.4 is 10.5 Å². The molecule has 0 radical (unpaired) electrons. The van der Waals surface area contributed by atoms with Crippen molar-refractivity contribution in [3.63, 3.8) is 0 Å². The minimum Gasteiger partial charge on any atom is -0.494 e. The van der Waals surface area contributed by atoms with Crippen LogP contribution in [-0.2, 0) is 0 Å². The number of ether oxygens (including phenoxy) is 1. The minimum atomic E-state index is 0. The molecule has 21 heavy (non-hydrogen) atoms. The lowest BCUT2D eigenvalue weighted by atomic mass is 9.90. The average molecular weight is 313 g/mol. The van der Waals surface area contributed by atoms with Gasteiger partial charge in [0, 0.05) is 18.7 Å². The third-order valence-corrected chi connectivity index (χ3v) is 4.07. The van der Waals surface area contributed by atoms with Crippen molar-refractivity contribution in [3.05, 3.63) is 29.3 Å². The molecule has 1 fully saturated rings. The van der Waals surface area contributed by atoms with Crippen LogP contribution >= 0.6 is 12.4 Å². The fourth-order valence-electron chi connectivity index (χ4n) is 2.59. The summed E-state index contributed by atoms with van der Waals surface area (Å²) >= 11 is 0. The molecule has 0 bridgehead atoms. The molecule has 0 aromatic heterocycles. The molecule has 1 saturated heterocycles. The highest BCUT2D eigenvalue weighted by Crippen LogP contribution is 2.30. The van der Waals surface area contributed by atoms with Gasteiger partial charge in [-0.15, -0.1) is 12.4 Å². The molecule has 1 unspecified atom stereocenters. The van der Waals surface area contributed by atoms with Crippen LogP contribution in [0.2, 0.25) is 0 Å².